The van der Waals surface area contributed by atoms with Gasteiger partial charge in [0, 0.05) is 17.8 Å². The Kier molecular flexibility index (Phi) is 8.88. The van der Waals surface area contributed by atoms with Gasteiger partial charge in [-0.15, -0.1) is 0 Å². The van der Waals surface area contributed by atoms with Gasteiger partial charge in [0.1, 0.15) is 0 Å². The summed E-state index contributed by atoms with van der Waals surface area (Å²) in [6.07, 6.45) is 6.66. The van der Waals surface area contributed by atoms with Crippen LogP contribution in [0.25, 0.3) is 11.3 Å². The number of ether oxygens (including phenoxy) is 4. The molecule has 1 aromatic carbocycles. The molecule has 0 bridgehead atoms. The van der Waals surface area contributed by atoms with Crippen molar-refractivity contribution in [2.24, 2.45) is 0 Å². The number of hydrogen-bond acceptors (Lipinski definition) is 7. The molecule has 9 nitrogen and oxygen atoms in total. The third-order valence-corrected chi connectivity index (χ3v) is 7.33. The standard InChI is InChI=1S/C31H30N3O6.V/c1-5-25(23-14-15-26(37-3)31(33-23)38-4)40-22-12-10-21(11-13-22)32-30(36)28-24-18-39-17-16-34(24)19(2)27(29(28)35)20-8-6-7-9-20;/h1,5,8,10-13,15H,6-7,9,16-18H2,2-4H3,(H,32,36);/q-1;/b25-5+;. The van der Waals surface area contributed by atoms with Crippen LogP contribution >= 0.6 is 0 Å². The molecular formula is C31H30N3O6V-. The SMILES string of the molecule is COc1c[c-]c(/C(=C\[CH]=[V])Oc2ccc(NC(=O)c3c4n(c(C)c(C5=CCCC5)c3=O)CCOC4)cc2)nc1OC. The van der Waals surface area contributed by atoms with Crippen LogP contribution < -0.4 is 25.0 Å². The second kappa shape index (κ2) is 12.7. The number of allylic oxidation sites excluding steroid dienone is 3. The van der Waals surface area contributed by atoms with E-state index in [0.717, 1.165) is 30.5 Å². The molecule has 1 amide bonds. The minimum atomic E-state index is -0.458. The second-order valence-corrected chi connectivity index (χ2v) is 9.99. The number of nitrogens with one attached hydrogen (secondary N) is 1. The summed E-state index contributed by atoms with van der Waals surface area (Å²) >= 11 is 2.34. The molecule has 1 aliphatic carbocycles. The van der Waals surface area contributed by atoms with E-state index in [2.05, 4.69) is 44.0 Å². The first-order valence-electron chi connectivity index (χ1n) is 13.3. The molecule has 2 aromatic heterocycles. The Labute approximate surface area is 247 Å². The van der Waals surface area contributed by atoms with Crippen molar-refractivity contribution in [2.75, 3.05) is 26.1 Å². The fourth-order valence-electron chi connectivity index (χ4n) is 5.14. The van der Waals surface area contributed by atoms with E-state index in [9.17, 15) is 9.59 Å². The molecule has 0 atom stereocenters. The predicted octanol–water partition coefficient (Wildman–Crippen LogP) is 4.49. The zero-order valence-corrected chi connectivity index (χ0v) is 24.5. The van der Waals surface area contributed by atoms with Crippen LogP contribution in [0.3, 0.4) is 0 Å². The number of hydrogen-bond donors (Lipinski definition) is 1. The molecule has 41 heavy (non-hydrogen) atoms. The Morgan fingerprint density at radius 2 is 2.02 bits per heavy atom. The number of pyridine rings is 2. The molecule has 0 spiro atoms. The van der Waals surface area contributed by atoms with E-state index >= 15 is 0 Å². The number of rotatable bonds is 9. The quantitative estimate of drug-likeness (QED) is 0.289. The Bertz CT molecular complexity index is 1610. The molecule has 3 aromatic rings. The van der Waals surface area contributed by atoms with Crippen molar-refractivity contribution in [3.05, 3.63) is 87.0 Å². The summed E-state index contributed by atoms with van der Waals surface area (Å²) < 4.78 is 26.1. The molecule has 0 radical (unpaired) electrons. The number of benzene rings is 1. The summed E-state index contributed by atoms with van der Waals surface area (Å²) in [5.74, 6) is 1.27. The first-order chi connectivity index (χ1) is 19.9. The molecule has 0 saturated heterocycles. The van der Waals surface area contributed by atoms with Gasteiger partial charge < -0.3 is 9.30 Å². The Balaban J connectivity index is 1.39. The van der Waals surface area contributed by atoms with E-state index in [1.807, 2.05) is 6.92 Å². The summed E-state index contributed by atoms with van der Waals surface area (Å²) in [4.78, 5) is 31.7. The van der Waals surface area contributed by atoms with Crippen LogP contribution in [0.1, 0.15) is 52.3 Å². The van der Waals surface area contributed by atoms with Crippen molar-refractivity contribution in [1.82, 2.24) is 9.55 Å². The van der Waals surface area contributed by atoms with Gasteiger partial charge in [-0.1, -0.05) is 6.08 Å². The Hall–Kier alpha value is -3.92. The van der Waals surface area contributed by atoms with Gasteiger partial charge in [0.2, 0.25) is 0 Å². The Morgan fingerprint density at radius 1 is 1.22 bits per heavy atom. The summed E-state index contributed by atoms with van der Waals surface area (Å²) in [6, 6.07) is 11.6. The normalized spacial score (nSPS) is 14.6. The number of carbonyl (C=O) groups excluding carboxylic acids is 1. The first-order valence-corrected chi connectivity index (χ1v) is 14.1. The van der Waals surface area contributed by atoms with Crippen LogP contribution in [0.5, 0.6) is 17.4 Å². The molecule has 0 saturated carbocycles. The summed E-state index contributed by atoms with van der Waals surface area (Å²) in [7, 11) is 3.04. The van der Waals surface area contributed by atoms with Crippen LogP contribution in [0.4, 0.5) is 5.69 Å². The van der Waals surface area contributed by atoms with E-state index in [0.29, 0.717) is 58.9 Å². The zero-order valence-electron chi connectivity index (χ0n) is 23.2. The van der Waals surface area contributed by atoms with E-state index < -0.39 is 5.91 Å². The summed E-state index contributed by atoms with van der Waals surface area (Å²) in [5, 5.41) is 2.90. The van der Waals surface area contributed by atoms with Gasteiger partial charge in [0.05, 0.1) is 13.2 Å². The van der Waals surface area contributed by atoms with Crippen LogP contribution in [-0.2, 0) is 34.9 Å². The average Bonchev–Trinajstić information content (AvgIpc) is 3.52. The van der Waals surface area contributed by atoms with Crippen molar-refractivity contribution < 1.29 is 40.7 Å². The van der Waals surface area contributed by atoms with Gasteiger partial charge in [0.25, 0.3) is 0 Å². The molecule has 5 rings (SSSR count). The molecule has 211 valence electrons. The maximum absolute atomic E-state index is 13.7. The van der Waals surface area contributed by atoms with Crippen LogP contribution in [0, 0.1) is 13.0 Å². The van der Waals surface area contributed by atoms with Gasteiger partial charge in [-0.25, -0.2) is 0 Å². The van der Waals surface area contributed by atoms with Crippen molar-refractivity contribution >= 4 is 27.7 Å². The minimum absolute atomic E-state index is 0.135. The third-order valence-electron chi connectivity index (χ3n) is 7.10. The van der Waals surface area contributed by atoms with Gasteiger partial charge in [-0.05, 0) is 31.8 Å². The number of amides is 1. The molecule has 2 aliphatic rings. The van der Waals surface area contributed by atoms with E-state index in [-0.39, 0.29) is 17.6 Å². The van der Waals surface area contributed by atoms with E-state index in [1.54, 1.807) is 41.1 Å². The van der Waals surface area contributed by atoms with Crippen LogP contribution in [0.2, 0.25) is 0 Å². The molecule has 10 heteroatoms. The van der Waals surface area contributed by atoms with Gasteiger partial charge in [-0.3, -0.25) is 4.79 Å². The number of nitrogens with zero attached hydrogens (tertiary/aromatic N) is 2. The molecular weight excluding hydrogens is 561 g/mol. The molecule has 0 unspecified atom stereocenters. The summed E-state index contributed by atoms with van der Waals surface area (Å²) in [5.41, 5.74) is 4.03. The van der Waals surface area contributed by atoms with Crippen LogP contribution in [-0.4, -0.2) is 41.0 Å². The zero-order chi connectivity index (χ0) is 28.9. The molecule has 1 aliphatic heterocycles. The number of anilines is 1. The number of carbonyl (C=O) groups is 1. The second-order valence-electron chi connectivity index (χ2n) is 9.52. The monoisotopic (exact) mass is 591 g/mol. The topological polar surface area (TPSA) is 101 Å². The predicted molar refractivity (Wildman–Crippen MR) is 152 cm³/mol. The molecule has 3 heterocycles. The number of fused-ring (bicyclic) bond motifs is 1. The van der Waals surface area contributed by atoms with E-state index in [1.165, 1.54) is 14.2 Å². The number of methoxy groups -OCH3 is 2. The fraction of sp³-hybridized carbons (Fsp3) is 0.290. The van der Waals surface area contributed by atoms with Crippen molar-refractivity contribution in [3.8, 4) is 17.4 Å². The van der Waals surface area contributed by atoms with Gasteiger partial charge in [0.15, 0.2) is 0 Å². The van der Waals surface area contributed by atoms with Crippen molar-refractivity contribution in [3.63, 3.8) is 0 Å². The first kappa shape index (κ1) is 28.6. The molecule has 0 fully saturated rings. The van der Waals surface area contributed by atoms with Gasteiger partial charge in [-0.2, -0.15) is 0 Å². The third kappa shape index (κ3) is 5.93. The van der Waals surface area contributed by atoms with Gasteiger partial charge >= 0.3 is 165 Å². The Morgan fingerprint density at radius 3 is 2.71 bits per heavy atom. The number of aromatic nitrogens is 2. The molecule has 1 N–H and O–H groups in total. The van der Waals surface area contributed by atoms with E-state index in [4.69, 9.17) is 18.9 Å². The van der Waals surface area contributed by atoms with Crippen LogP contribution in [0.15, 0.2) is 47.3 Å². The fourth-order valence-corrected chi connectivity index (χ4v) is 5.35. The summed E-state index contributed by atoms with van der Waals surface area (Å²) in [6.45, 7) is 3.32. The van der Waals surface area contributed by atoms with Crippen molar-refractivity contribution in [2.45, 2.75) is 39.3 Å². The average molecular weight is 592 g/mol. The maximum atomic E-state index is 13.7. The van der Waals surface area contributed by atoms with Crippen molar-refractivity contribution in [1.29, 1.82) is 0 Å².